The summed E-state index contributed by atoms with van der Waals surface area (Å²) in [5.74, 6) is -0.266. The highest BCUT2D eigenvalue weighted by Crippen LogP contribution is 2.25. The first kappa shape index (κ1) is 16.3. The lowest BCUT2D eigenvalue weighted by Crippen LogP contribution is -2.10. The predicted molar refractivity (Wildman–Crippen MR) is 96.2 cm³/mol. The molecule has 6 nitrogen and oxygen atoms in total. The Morgan fingerprint density at radius 1 is 1.23 bits per heavy atom. The Balaban J connectivity index is 1.51. The summed E-state index contributed by atoms with van der Waals surface area (Å²) in [5.41, 5.74) is 1.47. The molecule has 0 amide bonds. The zero-order valence-electron chi connectivity index (χ0n) is 13.7. The fraction of sp³-hybridized carbons (Fsp3) is 0.105. The number of carbonyl (C=O) groups excluding carboxylic acids is 1. The smallest absolute Gasteiger partial charge is 0.374 e. The monoisotopic (exact) mass is 367 g/mol. The van der Waals surface area contributed by atoms with Gasteiger partial charge in [0.2, 0.25) is 5.76 Å². The van der Waals surface area contributed by atoms with Gasteiger partial charge in [-0.2, -0.15) is 0 Å². The largest absolute Gasteiger partial charge is 0.453 e. The van der Waals surface area contributed by atoms with Gasteiger partial charge >= 0.3 is 5.97 Å². The number of thiophene rings is 1. The number of nitrogens with zero attached hydrogens (tertiary/aromatic N) is 1. The van der Waals surface area contributed by atoms with E-state index in [1.165, 1.54) is 11.3 Å². The van der Waals surface area contributed by atoms with Gasteiger partial charge in [0.1, 0.15) is 17.9 Å². The highest BCUT2D eigenvalue weighted by Gasteiger charge is 2.16. The van der Waals surface area contributed by atoms with Crippen LogP contribution < -0.4 is 5.43 Å². The van der Waals surface area contributed by atoms with E-state index in [0.29, 0.717) is 22.4 Å². The summed E-state index contributed by atoms with van der Waals surface area (Å²) in [6, 6.07) is 11.9. The lowest BCUT2D eigenvalue weighted by molar-refractivity contribution is 0.0428. The zero-order valence-corrected chi connectivity index (χ0v) is 14.5. The van der Waals surface area contributed by atoms with E-state index in [1.54, 1.807) is 18.2 Å². The molecule has 0 radical (unpaired) electrons. The van der Waals surface area contributed by atoms with Gasteiger partial charge in [-0.05, 0) is 30.5 Å². The molecule has 0 aliphatic rings. The summed E-state index contributed by atoms with van der Waals surface area (Å²) >= 11 is 1.52. The third-order valence-corrected chi connectivity index (χ3v) is 4.64. The first-order chi connectivity index (χ1) is 12.6. The predicted octanol–water partition coefficient (Wildman–Crippen LogP) is 4.17. The van der Waals surface area contributed by atoms with Gasteiger partial charge in [0.05, 0.1) is 10.3 Å². The van der Waals surface area contributed by atoms with Crippen LogP contribution in [0.15, 0.2) is 61.6 Å². The van der Waals surface area contributed by atoms with Crippen LogP contribution in [-0.4, -0.2) is 11.1 Å². The molecule has 4 aromatic rings. The average molecular weight is 367 g/mol. The Kier molecular flexibility index (Phi) is 4.14. The van der Waals surface area contributed by atoms with Crippen molar-refractivity contribution in [3.05, 3.63) is 75.1 Å². The van der Waals surface area contributed by atoms with E-state index in [2.05, 4.69) is 5.16 Å². The molecule has 0 unspecified atom stereocenters. The van der Waals surface area contributed by atoms with Crippen LogP contribution in [0.5, 0.6) is 0 Å². The number of benzene rings is 1. The number of carbonyl (C=O) groups is 1. The molecule has 130 valence electrons. The molecule has 0 spiro atoms. The highest BCUT2D eigenvalue weighted by molar-refractivity contribution is 7.13. The van der Waals surface area contributed by atoms with Crippen LogP contribution in [0.2, 0.25) is 0 Å². The second-order valence-corrected chi connectivity index (χ2v) is 6.66. The Morgan fingerprint density at radius 3 is 2.92 bits per heavy atom. The third kappa shape index (κ3) is 3.16. The number of aryl methyl sites for hydroxylation is 1. The van der Waals surface area contributed by atoms with E-state index in [0.717, 1.165) is 16.5 Å². The van der Waals surface area contributed by atoms with Crippen molar-refractivity contribution in [3.8, 4) is 10.6 Å². The molecule has 0 aliphatic heterocycles. The van der Waals surface area contributed by atoms with Crippen LogP contribution in [0.25, 0.3) is 21.6 Å². The number of rotatable bonds is 4. The minimum atomic E-state index is -0.731. The van der Waals surface area contributed by atoms with E-state index in [-0.39, 0.29) is 17.8 Å². The molecule has 26 heavy (non-hydrogen) atoms. The Morgan fingerprint density at radius 2 is 2.12 bits per heavy atom. The fourth-order valence-corrected chi connectivity index (χ4v) is 3.17. The van der Waals surface area contributed by atoms with E-state index in [1.807, 2.05) is 30.5 Å². The number of hydrogen-bond donors (Lipinski definition) is 0. The van der Waals surface area contributed by atoms with Crippen LogP contribution in [0, 0.1) is 6.92 Å². The second kappa shape index (κ2) is 6.61. The normalized spacial score (nSPS) is 11.0. The minimum Gasteiger partial charge on any atom is -0.453 e. The van der Waals surface area contributed by atoms with Gasteiger partial charge in [0, 0.05) is 12.1 Å². The molecule has 0 atom stereocenters. The number of fused-ring (bicyclic) bond motifs is 1. The van der Waals surface area contributed by atoms with Gasteiger partial charge in [-0.15, -0.1) is 11.3 Å². The molecule has 3 aromatic heterocycles. The quantitative estimate of drug-likeness (QED) is 0.503. The van der Waals surface area contributed by atoms with Crippen molar-refractivity contribution in [2.24, 2.45) is 0 Å². The van der Waals surface area contributed by atoms with E-state index >= 15 is 0 Å². The van der Waals surface area contributed by atoms with Crippen molar-refractivity contribution in [1.82, 2.24) is 5.16 Å². The molecule has 4 rings (SSSR count). The summed E-state index contributed by atoms with van der Waals surface area (Å²) in [6.45, 7) is 1.80. The standard InChI is InChI=1S/C19H13NO5S/c1-11-4-5-15-13(7-11)14(21)9-17(24-15)19(22)23-10-12-8-16(25-20-12)18-3-2-6-26-18/h2-9H,10H2,1H3. The summed E-state index contributed by atoms with van der Waals surface area (Å²) in [6.07, 6.45) is 0. The van der Waals surface area contributed by atoms with Crippen molar-refractivity contribution in [2.45, 2.75) is 13.5 Å². The Hall–Kier alpha value is -3.19. The summed E-state index contributed by atoms with van der Waals surface area (Å²) in [4.78, 5) is 25.3. The number of hydrogen-bond acceptors (Lipinski definition) is 7. The molecule has 0 saturated carbocycles. The van der Waals surface area contributed by atoms with Gasteiger partial charge in [0.25, 0.3) is 0 Å². The first-order valence-corrected chi connectivity index (χ1v) is 8.69. The van der Waals surface area contributed by atoms with Crippen LogP contribution in [0.4, 0.5) is 0 Å². The van der Waals surface area contributed by atoms with E-state index in [9.17, 15) is 9.59 Å². The minimum absolute atomic E-state index is 0.0800. The Labute approximate surface area is 151 Å². The number of ether oxygens (including phenoxy) is 1. The molecule has 0 saturated heterocycles. The molecular weight excluding hydrogens is 354 g/mol. The van der Waals surface area contributed by atoms with Gasteiger partial charge in [-0.1, -0.05) is 22.9 Å². The summed E-state index contributed by atoms with van der Waals surface area (Å²) in [5, 5.41) is 6.24. The molecule has 3 heterocycles. The van der Waals surface area contributed by atoms with Crippen LogP contribution in [0.1, 0.15) is 21.8 Å². The van der Waals surface area contributed by atoms with Crippen molar-refractivity contribution in [3.63, 3.8) is 0 Å². The summed E-state index contributed by atoms with van der Waals surface area (Å²) in [7, 11) is 0. The summed E-state index contributed by atoms with van der Waals surface area (Å²) < 4.78 is 15.9. The maximum Gasteiger partial charge on any atom is 0.374 e. The SMILES string of the molecule is Cc1ccc2oc(C(=O)OCc3cc(-c4cccs4)on3)cc(=O)c2c1. The van der Waals surface area contributed by atoms with Crippen LogP contribution in [0.3, 0.4) is 0 Å². The zero-order chi connectivity index (χ0) is 18.1. The van der Waals surface area contributed by atoms with E-state index < -0.39 is 5.97 Å². The molecule has 7 heteroatoms. The molecule has 1 aromatic carbocycles. The van der Waals surface area contributed by atoms with Gasteiger partial charge < -0.3 is 13.7 Å². The molecule has 0 aliphatic carbocycles. The van der Waals surface area contributed by atoms with Crippen molar-refractivity contribution in [2.75, 3.05) is 0 Å². The third-order valence-electron chi connectivity index (χ3n) is 3.76. The van der Waals surface area contributed by atoms with E-state index in [4.69, 9.17) is 13.7 Å². The number of esters is 1. The number of aromatic nitrogens is 1. The molecule has 0 fully saturated rings. The highest BCUT2D eigenvalue weighted by atomic mass is 32.1. The lowest BCUT2D eigenvalue weighted by atomic mass is 10.1. The molecular formula is C19H13NO5S. The van der Waals surface area contributed by atoms with Crippen molar-refractivity contribution < 1.29 is 18.5 Å². The fourth-order valence-electron chi connectivity index (χ4n) is 2.50. The van der Waals surface area contributed by atoms with Gasteiger partial charge in [-0.3, -0.25) is 4.79 Å². The van der Waals surface area contributed by atoms with Crippen molar-refractivity contribution in [1.29, 1.82) is 0 Å². The van der Waals surface area contributed by atoms with Crippen molar-refractivity contribution >= 4 is 28.3 Å². The Bertz CT molecular complexity index is 1140. The maximum absolute atomic E-state index is 12.2. The lowest BCUT2D eigenvalue weighted by Gasteiger charge is -2.03. The topological polar surface area (TPSA) is 82.5 Å². The maximum atomic E-state index is 12.2. The van der Waals surface area contributed by atoms with Crippen LogP contribution >= 0.6 is 11.3 Å². The second-order valence-electron chi connectivity index (χ2n) is 5.71. The van der Waals surface area contributed by atoms with Gasteiger partial charge in [-0.25, -0.2) is 4.79 Å². The molecule has 0 bridgehead atoms. The first-order valence-electron chi connectivity index (χ1n) is 7.81. The van der Waals surface area contributed by atoms with Gasteiger partial charge in [0.15, 0.2) is 11.2 Å². The average Bonchev–Trinajstić information content (AvgIpc) is 3.31. The van der Waals surface area contributed by atoms with Crippen LogP contribution in [-0.2, 0) is 11.3 Å². The molecule has 0 N–H and O–H groups in total.